The zero-order valence-corrected chi connectivity index (χ0v) is 13.6. The van der Waals surface area contributed by atoms with Gasteiger partial charge < -0.3 is 14.8 Å². The van der Waals surface area contributed by atoms with Gasteiger partial charge in [0.25, 0.3) is 5.91 Å². The predicted molar refractivity (Wildman–Crippen MR) is 84.6 cm³/mol. The van der Waals surface area contributed by atoms with Crippen LogP contribution < -0.4 is 5.32 Å². The van der Waals surface area contributed by atoms with Gasteiger partial charge in [0.1, 0.15) is 0 Å². The maximum atomic E-state index is 12.1. The normalized spacial score (nSPS) is 20.3. The average Bonchev–Trinajstić information content (AvgIpc) is 2.48. The number of carbonyl (C=O) groups excluding carboxylic acids is 1. The Labute approximate surface area is 130 Å². The van der Waals surface area contributed by atoms with Gasteiger partial charge in [0.05, 0.1) is 25.9 Å². The van der Waals surface area contributed by atoms with Crippen molar-refractivity contribution in [3.63, 3.8) is 0 Å². The van der Waals surface area contributed by atoms with Crippen molar-refractivity contribution in [1.82, 2.24) is 5.32 Å². The molecule has 0 bridgehead atoms. The molecule has 1 saturated heterocycles. The number of ether oxygens (including phenoxy) is 2. The first-order valence-electron chi connectivity index (χ1n) is 7.32. The van der Waals surface area contributed by atoms with Crippen molar-refractivity contribution in [1.29, 1.82) is 0 Å². The highest BCUT2D eigenvalue weighted by Crippen LogP contribution is 2.24. The summed E-state index contributed by atoms with van der Waals surface area (Å²) in [5, 5.41) is 3.54. The van der Waals surface area contributed by atoms with Crippen LogP contribution in [0.1, 0.15) is 32.4 Å². The van der Waals surface area contributed by atoms with Crippen LogP contribution in [0.25, 0.3) is 0 Å². The van der Waals surface area contributed by atoms with Gasteiger partial charge in [-0.05, 0) is 24.6 Å². The summed E-state index contributed by atoms with van der Waals surface area (Å²) in [4.78, 5) is 13.3. The van der Waals surface area contributed by atoms with Gasteiger partial charge in [-0.3, -0.25) is 4.79 Å². The molecule has 0 aromatic heterocycles. The molecule has 2 rings (SSSR count). The SMILES string of the molecule is CC(C)Sc1ccc([C@@H](C)NC(=O)[C@H]2COCCO2)cc1. The molecule has 0 aliphatic carbocycles. The minimum atomic E-state index is -0.489. The van der Waals surface area contributed by atoms with Gasteiger partial charge in [-0.2, -0.15) is 0 Å². The lowest BCUT2D eigenvalue weighted by Crippen LogP contribution is -2.43. The number of benzene rings is 1. The number of nitrogens with one attached hydrogen (secondary N) is 1. The van der Waals surface area contributed by atoms with Crippen molar-refractivity contribution in [3.8, 4) is 0 Å². The van der Waals surface area contributed by atoms with E-state index in [1.165, 1.54) is 4.90 Å². The summed E-state index contributed by atoms with van der Waals surface area (Å²) >= 11 is 1.83. The van der Waals surface area contributed by atoms with Gasteiger partial charge >= 0.3 is 0 Å². The Hall–Kier alpha value is -1.04. The fourth-order valence-corrected chi connectivity index (χ4v) is 2.97. The van der Waals surface area contributed by atoms with Crippen molar-refractivity contribution in [3.05, 3.63) is 29.8 Å². The first-order chi connectivity index (χ1) is 10.1. The Morgan fingerprint density at radius 2 is 1.95 bits per heavy atom. The zero-order valence-electron chi connectivity index (χ0n) is 12.8. The fraction of sp³-hybridized carbons (Fsp3) is 0.562. The predicted octanol–water partition coefficient (Wildman–Crippen LogP) is 2.78. The Bertz CT molecular complexity index is 455. The minimum absolute atomic E-state index is 0.0406. The molecule has 116 valence electrons. The standard InChI is InChI=1S/C16H23NO3S/c1-11(2)21-14-6-4-13(5-7-14)12(3)17-16(18)15-10-19-8-9-20-15/h4-7,11-12,15H,8-10H2,1-3H3,(H,17,18)/t12-,15-/m1/s1. The number of rotatable bonds is 5. The second-order valence-corrected chi connectivity index (χ2v) is 7.05. The largest absolute Gasteiger partial charge is 0.376 e. The molecular formula is C16H23NO3S. The molecule has 1 aliphatic heterocycles. The summed E-state index contributed by atoms with van der Waals surface area (Å²) in [7, 11) is 0. The fourth-order valence-electron chi connectivity index (χ4n) is 2.14. The van der Waals surface area contributed by atoms with E-state index in [9.17, 15) is 4.79 Å². The van der Waals surface area contributed by atoms with Gasteiger partial charge in [-0.15, -0.1) is 11.8 Å². The lowest BCUT2D eigenvalue weighted by molar-refractivity contribution is -0.148. The van der Waals surface area contributed by atoms with E-state index in [1.54, 1.807) is 0 Å². The Kier molecular flexibility index (Phi) is 6.08. The molecule has 1 aliphatic rings. The third kappa shape index (κ3) is 5.02. The quantitative estimate of drug-likeness (QED) is 0.850. The van der Waals surface area contributed by atoms with Gasteiger partial charge in [-0.25, -0.2) is 0 Å². The molecule has 0 spiro atoms. The second kappa shape index (κ2) is 7.82. The molecule has 1 heterocycles. The number of carbonyl (C=O) groups is 1. The Morgan fingerprint density at radius 3 is 2.52 bits per heavy atom. The molecular weight excluding hydrogens is 286 g/mol. The Morgan fingerprint density at radius 1 is 1.24 bits per heavy atom. The summed E-state index contributed by atoms with van der Waals surface area (Å²) in [5.41, 5.74) is 1.09. The molecule has 0 radical (unpaired) electrons. The van der Waals surface area contributed by atoms with Crippen molar-refractivity contribution >= 4 is 17.7 Å². The van der Waals surface area contributed by atoms with Crippen molar-refractivity contribution in [2.24, 2.45) is 0 Å². The molecule has 1 fully saturated rings. The minimum Gasteiger partial charge on any atom is -0.376 e. The van der Waals surface area contributed by atoms with Crippen molar-refractivity contribution in [2.45, 2.75) is 43.1 Å². The van der Waals surface area contributed by atoms with Crippen LogP contribution >= 0.6 is 11.8 Å². The van der Waals surface area contributed by atoms with Gasteiger partial charge in [0.2, 0.25) is 0 Å². The first-order valence-corrected chi connectivity index (χ1v) is 8.20. The highest BCUT2D eigenvalue weighted by Gasteiger charge is 2.24. The third-order valence-electron chi connectivity index (χ3n) is 3.22. The van der Waals surface area contributed by atoms with Crippen LogP contribution in [0.4, 0.5) is 0 Å². The van der Waals surface area contributed by atoms with Crippen LogP contribution in [0, 0.1) is 0 Å². The highest BCUT2D eigenvalue weighted by atomic mass is 32.2. The van der Waals surface area contributed by atoms with Crippen LogP contribution in [0.15, 0.2) is 29.2 Å². The monoisotopic (exact) mass is 309 g/mol. The highest BCUT2D eigenvalue weighted by molar-refractivity contribution is 7.99. The third-order valence-corrected chi connectivity index (χ3v) is 4.23. The maximum absolute atomic E-state index is 12.1. The van der Waals surface area contributed by atoms with E-state index in [2.05, 4.69) is 43.4 Å². The van der Waals surface area contributed by atoms with Gasteiger partial charge in [0, 0.05) is 10.1 Å². The summed E-state index contributed by atoms with van der Waals surface area (Å²) in [6.45, 7) is 7.71. The number of hydrogen-bond donors (Lipinski definition) is 1. The molecule has 1 N–H and O–H groups in total. The average molecular weight is 309 g/mol. The van der Waals surface area contributed by atoms with E-state index in [0.29, 0.717) is 25.1 Å². The lowest BCUT2D eigenvalue weighted by atomic mass is 10.1. The summed E-state index contributed by atoms with van der Waals surface area (Å²) in [6, 6.07) is 8.29. The van der Waals surface area contributed by atoms with E-state index in [0.717, 1.165) is 5.56 Å². The van der Waals surface area contributed by atoms with Crippen LogP contribution in [0.5, 0.6) is 0 Å². The van der Waals surface area contributed by atoms with Crippen LogP contribution in [-0.2, 0) is 14.3 Å². The molecule has 1 amide bonds. The van der Waals surface area contributed by atoms with Crippen LogP contribution in [0.3, 0.4) is 0 Å². The van der Waals surface area contributed by atoms with Gasteiger partial charge in [0.15, 0.2) is 6.10 Å². The molecule has 1 aromatic rings. The molecule has 5 heteroatoms. The molecule has 2 atom stereocenters. The van der Waals surface area contributed by atoms with E-state index < -0.39 is 6.10 Å². The number of thioether (sulfide) groups is 1. The second-order valence-electron chi connectivity index (χ2n) is 5.40. The van der Waals surface area contributed by atoms with Crippen molar-refractivity contribution in [2.75, 3.05) is 19.8 Å². The number of hydrogen-bond acceptors (Lipinski definition) is 4. The molecule has 0 saturated carbocycles. The number of amides is 1. The van der Waals surface area contributed by atoms with E-state index in [4.69, 9.17) is 9.47 Å². The van der Waals surface area contributed by atoms with E-state index in [1.807, 2.05) is 18.7 Å². The summed E-state index contributed by atoms with van der Waals surface area (Å²) in [6.07, 6.45) is -0.489. The van der Waals surface area contributed by atoms with E-state index >= 15 is 0 Å². The van der Waals surface area contributed by atoms with Crippen molar-refractivity contribution < 1.29 is 14.3 Å². The lowest BCUT2D eigenvalue weighted by Gasteiger charge is -2.24. The smallest absolute Gasteiger partial charge is 0.252 e. The van der Waals surface area contributed by atoms with Crippen LogP contribution in [0.2, 0.25) is 0 Å². The topological polar surface area (TPSA) is 47.6 Å². The molecule has 1 aromatic carbocycles. The van der Waals surface area contributed by atoms with Gasteiger partial charge in [-0.1, -0.05) is 26.0 Å². The Balaban J connectivity index is 1.90. The molecule has 0 unspecified atom stereocenters. The van der Waals surface area contributed by atoms with E-state index in [-0.39, 0.29) is 11.9 Å². The zero-order chi connectivity index (χ0) is 15.2. The van der Waals surface area contributed by atoms with Crippen LogP contribution in [-0.4, -0.2) is 37.1 Å². The summed E-state index contributed by atoms with van der Waals surface area (Å²) < 4.78 is 10.7. The molecule has 4 nitrogen and oxygen atoms in total. The maximum Gasteiger partial charge on any atom is 0.252 e. The first kappa shape index (κ1) is 16.3. The summed E-state index contributed by atoms with van der Waals surface area (Å²) in [5.74, 6) is -0.108. The molecule has 21 heavy (non-hydrogen) atoms.